The number of ether oxygens (including phenoxy) is 1. The van der Waals surface area contributed by atoms with Crippen LogP contribution in [0, 0.1) is 0 Å². The minimum Gasteiger partial charge on any atom is -0.385 e. The number of likely N-dealkylation sites (N-methyl/N-ethyl adjacent to an activating group) is 1. The van der Waals surface area contributed by atoms with Gasteiger partial charge in [0.2, 0.25) is 0 Å². The summed E-state index contributed by atoms with van der Waals surface area (Å²) in [6.45, 7) is 3.11. The van der Waals surface area contributed by atoms with E-state index in [0.717, 1.165) is 6.42 Å². The smallest absolute Gasteiger partial charge is 0.182 e. The summed E-state index contributed by atoms with van der Waals surface area (Å²) in [6.07, 6.45) is 12.3. The Kier molecular flexibility index (Phi) is 15.2. The molecule has 0 fully saturated rings. The van der Waals surface area contributed by atoms with Gasteiger partial charge in [-0.1, -0.05) is 64.7 Å². The zero-order valence-electron chi connectivity index (χ0n) is 15.4. The van der Waals surface area contributed by atoms with E-state index in [1.807, 2.05) is 0 Å². The Balaban J connectivity index is 3.33. The number of hydrogen-bond donors (Lipinski definition) is 3. The minimum atomic E-state index is -0.651. The number of aliphatic hydroxyl groups is 3. The molecule has 0 saturated heterocycles. The van der Waals surface area contributed by atoms with Crippen LogP contribution < -0.4 is 0 Å². The maximum atomic E-state index is 9.85. The van der Waals surface area contributed by atoms with Gasteiger partial charge in [-0.05, 0) is 6.42 Å². The van der Waals surface area contributed by atoms with E-state index in [9.17, 15) is 5.11 Å². The molecule has 0 aliphatic heterocycles. The molecule has 5 nitrogen and oxygen atoms in total. The molecule has 0 aromatic rings. The van der Waals surface area contributed by atoms with Crippen LogP contribution in [0.15, 0.2) is 0 Å². The summed E-state index contributed by atoms with van der Waals surface area (Å²) in [5.74, 6) is 0. The summed E-state index contributed by atoms with van der Waals surface area (Å²) in [5.41, 5.74) is 0. The number of aliphatic hydroxyl groups excluding tert-OH is 3. The average Bonchev–Trinajstić information content (AvgIpc) is 2.55. The molecule has 0 aliphatic rings. The SMILES string of the molecule is CCCCCCCCCCCCOCC(O)C[N+](C)(CO)CO. The van der Waals surface area contributed by atoms with Crippen molar-refractivity contribution in [3.8, 4) is 0 Å². The highest BCUT2D eigenvalue weighted by molar-refractivity contribution is 4.52. The molecule has 140 valence electrons. The third-order valence-corrected chi connectivity index (χ3v) is 4.29. The summed E-state index contributed by atoms with van der Waals surface area (Å²) >= 11 is 0. The van der Waals surface area contributed by atoms with Gasteiger partial charge in [-0.3, -0.25) is 4.48 Å². The molecule has 3 N–H and O–H groups in total. The van der Waals surface area contributed by atoms with Crippen molar-refractivity contribution in [3.63, 3.8) is 0 Å². The molecule has 0 bridgehead atoms. The molecule has 0 rings (SSSR count). The Morgan fingerprint density at radius 1 is 0.826 bits per heavy atom. The molecular formula is C18H40NO4+. The average molecular weight is 335 g/mol. The zero-order chi connectivity index (χ0) is 17.4. The molecule has 5 heteroatoms. The van der Waals surface area contributed by atoms with Gasteiger partial charge >= 0.3 is 0 Å². The molecule has 0 saturated carbocycles. The van der Waals surface area contributed by atoms with Crippen molar-refractivity contribution in [1.29, 1.82) is 0 Å². The first kappa shape index (κ1) is 22.8. The molecule has 0 radical (unpaired) electrons. The second-order valence-corrected chi connectivity index (χ2v) is 7.00. The van der Waals surface area contributed by atoms with Crippen LogP contribution in [-0.4, -0.2) is 66.2 Å². The predicted molar refractivity (Wildman–Crippen MR) is 93.9 cm³/mol. The molecule has 1 unspecified atom stereocenters. The van der Waals surface area contributed by atoms with E-state index < -0.39 is 6.10 Å². The van der Waals surface area contributed by atoms with Gasteiger partial charge in [0.05, 0.1) is 13.7 Å². The van der Waals surface area contributed by atoms with Crippen molar-refractivity contribution in [3.05, 3.63) is 0 Å². The maximum absolute atomic E-state index is 9.85. The Hall–Kier alpha value is -0.200. The van der Waals surface area contributed by atoms with Crippen LogP contribution in [0.4, 0.5) is 0 Å². The van der Waals surface area contributed by atoms with Gasteiger partial charge in [-0.2, -0.15) is 0 Å². The number of quaternary nitrogens is 1. The summed E-state index contributed by atoms with van der Waals surface area (Å²) < 4.78 is 5.51. The second kappa shape index (κ2) is 15.3. The fraction of sp³-hybridized carbons (Fsp3) is 1.00. The number of unbranched alkanes of at least 4 members (excludes halogenated alkanes) is 9. The van der Waals surface area contributed by atoms with Crippen LogP contribution >= 0.6 is 0 Å². The lowest BCUT2D eigenvalue weighted by Gasteiger charge is -2.31. The number of rotatable bonds is 17. The Labute approximate surface area is 142 Å². The first-order valence-electron chi connectivity index (χ1n) is 9.39. The van der Waals surface area contributed by atoms with Gasteiger partial charge in [0.1, 0.15) is 12.6 Å². The van der Waals surface area contributed by atoms with E-state index in [1.54, 1.807) is 7.05 Å². The first-order valence-corrected chi connectivity index (χ1v) is 9.39. The van der Waals surface area contributed by atoms with Crippen molar-refractivity contribution in [2.24, 2.45) is 0 Å². The molecular weight excluding hydrogens is 294 g/mol. The van der Waals surface area contributed by atoms with Gasteiger partial charge in [0.15, 0.2) is 13.5 Å². The Morgan fingerprint density at radius 2 is 1.30 bits per heavy atom. The molecule has 0 aromatic carbocycles. The molecule has 0 spiro atoms. The van der Waals surface area contributed by atoms with Crippen LogP contribution in [-0.2, 0) is 4.74 Å². The molecule has 0 aliphatic carbocycles. The summed E-state index contributed by atoms with van der Waals surface area (Å²) in [6, 6.07) is 0. The van der Waals surface area contributed by atoms with E-state index in [-0.39, 0.29) is 24.6 Å². The monoisotopic (exact) mass is 334 g/mol. The standard InChI is InChI=1S/C18H40NO4/c1-3-4-5-6-7-8-9-10-11-12-13-23-15-18(22)14-19(2,16-20)17-21/h18,20-22H,3-17H2,1-2H3/q+1. The third kappa shape index (κ3) is 13.9. The normalized spacial score (nSPS) is 13.4. The topological polar surface area (TPSA) is 69.9 Å². The van der Waals surface area contributed by atoms with Crippen LogP contribution in [0.3, 0.4) is 0 Å². The predicted octanol–water partition coefficient (Wildman–Crippen LogP) is 2.63. The molecule has 1 atom stereocenters. The first-order chi connectivity index (χ1) is 11.1. The lowest BCUT2D eigenvalue weighted by atomic mass is 10.1. The van der Waals surface area contributed by atoms with Crippen LogP contribution in [0.1, 0.15) is 71.1 Å². The van der Waals surface area contributed by atoms with E-state index in [0.29, 0.717) is 13.2 Å². The van der Waals surface area contributed by atoms with Gasteiger partial charge in [-0.25, -0.2) is 0 Å². The number of nitrogens with zero attached hydrogens (tertiary/aromatic N) is 1. The Bertz CT molecular complexity index is 247. The van der Waals surface area contributed by atoms with Gasteiger partial charge < -0.3 is 20.1 Å². The van der Waals surface area contributed by atoms with Gasteiger partial charge in [0.25, 0.3) is 0 Å². The minimum absolute atomic E-state index is 0.0305. The lowest BCUT2D eigenvalue weighted by Crippen LogP contribution is -2.51. The van der Waals surface area contributed by atoms with E-state index in [4.69, 9.17) is 14.9 Å². The zero-order valence-corrected chi connectivity index (χ0v) is 15.4. The van der Waals surface area contributed by atoms with Crippen molar-refractivity contribution < 1.29 is 24.5 Å². The van der Waals surface area contributed by atoms with E-state index in [1.165, 1.54) is 57.8 Å². The quantitative estimate of drug-likeness (QED) is 0.217. The third-order valence-electron chi connectivity index (χ3n) is 4.29. The van der Waals surface area contributed by atoms with Gasteiger partial charge in [-0.15, -0.1) is 0 Å². The highest BCUT2D eigenvalue weighted by Gasteiger charge is 2.23. The highest BCUT2D eigenvalue weighted by atomic mass is 16.5. The maximum Gasteiger partial charge on any atom is 0.182 e. The lowest BCUT2D eigenvalue weighted by molar-refractivity contribution is -0.946. The van der Waals surface area contributed by atoms with Crippen molar-refractivity contribution in [2.75, 3.05) is 40.3 Å². The summed E-state index contributed by atoms with van der Waals surface area (Å²) in [4.78, 5) is 0. The molecule has 23 heavy (non-hydrogen) atoms. The fourth-order valence-corrected chi connectivity index (χ4v) is 2.63. The van der Waals surface area contributed by atoms with Crippen LogP contribution in [0.5, 0.6) is 0 Å². The van der Waals surface area contributed by atoms with Crippen molar-refractivity contribution in [1.82, 2.24) is 0 Å². The fourth-order valence-electron chi connectivity index (χ4n) is 2.63. The van der Waals surface area contributed by atoms with Crippen molar-refractivity contribution >= 4 is 0 Å². The van der Waals surface area contributed by atoms with Gasteiger partial charge in [0, 0.05) is 6.61 Å². The number of hydrogen-bond acceptors (Lipinski definition) is 4. The molecule has 0 amide bonds. The molecule has 0 heterocycles. The van der Waals surface area contributed by atoms with Crippen molar-refractivity contribution in [2.45, 2.75) is 77.2 Å². The van der Waals surface area contributed by atoms with Crippen LogP contribution in [0.2, 0.25) is 0 Å². The van der Waals surface area contributed by atoms with E-state index >= 15 is 0 Å². The largest absolute Gasteiger partial charge is 0.385 e. The second-order valence-electron chi connectivity index (χ2n) is 7.00. The molecule has 0 aromatic heterocycles. The summed E-state index contributed by atoms with van der Waals surface area (Å²) in [5, 5.41) is 28.2. The Morgan fingerprint density at radius 3 is 1.78 bits per heavy atom. The van der Waals surface area contributed by atoms with Crippen LogP contribution in [0.25, 0.3) is 0 Å². The summed E-state index contributed by atoms with van der Waals surface area (Å²) in [7, 11) is 1.70. The van der Waals surface area contributed by atoms with E-state index in [2.05, 4.69) is 6.92 Å². The highest BCUT2D eigenvalue weighted by Crippen LogP contribution is 2.10.